The van der Waals surface area contributed by atoms with Gasteiger partial charge in [0.05, 0.1) is 31.0 Å². The number of aromatic hydroxyl groups is 4. The fourth-order valence-corrected chi connectivity index (χ4v) is 16.7. The second-order valence-electron chi connectivity index (χ2n) is 35.9. The highest BCUT2D eigenvalue weighted by Crippen LogP contribution is 2.43. The first-order valence-corrected chi connectivity index (χ1v) is 46.6. The number of phenolic OH excluding ortho intramolecular Hbond substituents is 4. The number of unbranched alkanes of at least 4 members (excludes halogenated alkanes) is 24. The SMILES string of the molecule is CCCCCCCCCCCCCCCC(=O)N(C)[C@H](CO)C(=O)N[C@H](C)C(=O)CCC(=O)N(C)[C@@H]1C(=O)C[C@@H](C)C(=O)N[C@H](C)Cc2cc(N)c(O)c(c2)-c2cc1ccc2O.CCCCCCCCCCCCCCCC(=O)N(C)[C@H](CO)C(=O)N[C@H](C)C(=O)CCC(=O)N(C)[C@@H]1C(=O)C[C@@H](CC(C)C)C(=O)N[C@H](C)Cc2ccc(O)c(c2)-c2cc1ccc2O. The molecule has 4 aromatic rings. The second-order valence-corrected chi connectivity index (χ2v) is 35.9. The second kappa shape index (κ2) is 55.8. The van der Waals surface area contributed by atoms with Crippen molar-refractivity contribution in [3.05, 3.63) is 89.0 Å². The molecule has 0 radical (unpaired) electrons. The van der Waals surface area contributed by atoms with Gasteiger partial charge in [-0.2, -0.15) is 0 Å². The van der Waals surface area contributed by atoms with Gasteiger partial charge in [0.15, 0.2) is 23.1 Å². The zero-order valence-corrected chi connectivity index (χ0v) is 77.7. The number of Topliss-reactive ketones (excluding diaryl/α,β-unsaturated/α-hetero) is 4. The Morgan fingerprint density at radius 2 is 0.770 bits per heavy atom. The number of nitrogens with zero attached hydrogens (tertiary/aromatic N) is 4. The molecule has 8 amide bonds. The summed E-state index contributed by atoms with van der Waals surface area (Å²) in [5.74, 6) is -7.55. The number of nitrogen functional groups attached to an aromatic ring is 1. The highest BCUT2D eigenvalue weighted by Gasteiger charge is 2.38. The van der Waals surface area contributed by atoms with Crippen LogP contribution in [0.2, 0.25) is 0 Å². The summed E-state index contributed by atoms with van der Waals surface area (Å²) < 4.78 is 0. The van der Waals surface area contributed by atoms with Gasteiger partial charge in [-0.25, -0.2) is 0 Å². The van der Waals surface area contributed by atoms with Crippen LogP contribution in [0.3, 0.4) is 0 Å². The lowest BCUT2D eigenvalue weighted by Crippen LogP contribution is -2.53. The van der Waals surface area contributed by atoms with Crippen molar-refractivity contribution in [1.29, 1.82) is 0 Å². The number of phenols is 4. The van der Waals surface area contributed by atoms with Crippen LogP contribution in [0.1, 0.15) is 321 Å². The summed E-state index contributed by atoms with van der Waals surface area (Å²) >= 11 is 0. The minimum atomic E-state index is -1.23. The predicted octanol–water partition coefficient (Wildman–Crippen LogP) is 14.8. The van der Waals surface area contributed by atoms with Crippen LogP contribution in [-0.4, -0.2) is 198 Å². The largest absolute Gasteiger partial charge is 0.507 e. The van der Waals surface area contributed by atoms with E-state index in [0.29, 0.717) is 54.4 Å². The van der Waals surface area contributed by atoms with Gasteiger partial charge in [-0.15, -0.1) is 0 Å². The number of benzene rings is 4. The predicted molar refractivity (Wildman–Crippen MR) is 491 cm³/mol. The molecular formula is C99H151N9O18. The van der Waals surface area contributed by atoms with E-state index in [4.69, 9.17) is 5.73 Å². The fraction of sp³-hybridized carbons (Fsp3) is 0.636. The molecule has 700 valence electrons. The van der Waals surface area contributed by atoms with Crippen LogP contribution in [0.4, 0.5) is 5.69 Å². The lowest BCUT2D eigenvalue weighted by molar-refractivity contribution is -0.142. The first kappa shape index (κ1) is 107. The first-order valence-electron chi connectivity index (χ1n) is 46.6. The van der Waals surface area contributed by atoms with E-state index in [1.807, 2.05) is 20.8 Å². The fourth-order valence-electron chi connectivity index (χ4n) is 16.7. The number of hydrogen-bond acceptors (Lipinski definition) is 19. The van der Waals surface area contributed by atoms with Gasteiger partial charge in [-0.1, -0.05) is 207 Å². The molecule has 27 heteroatoms. The first-order chi connectivity index (χ1) is 60.0. The Labute approximate surface area is 748 Å². The molecule has 0 aromatic heterocycles. The Morgan fingerprint density at radius 3 is 1.17 bits per heavy atom. The van der Waals surface area contributed by atoms with E-state index >= 15 is 0 Å². The third-order valence-electron chi connectivity index (χ3n) is 24.6. The molecule has 2 aliphatic heterocycles. The minimum Gasteiger partial charge on any atom is -0.507 e. The molecule has 0 fully saturated rings. The molecule has 10 atom stereocenters. The molecule has 27 nitrogen and oxygen atoms in total. The third kappa shape index (κ3) is 34.8. The van der Waals surface area contributed by atoms with Gasteiger partial charge in [0.1, 0.15) is 47.2 Å². The molecule has 0 saturated carbocycles. The number of rotatable bonds is 48. The normalized spacial score (nSPS) is 17.6. The summed E-state index contributed by atoms with van der Waals surface area (Å²) in [6, 6.07) is 9.49. The average molecular weight is 1760 g/mol. The molecule has 4 aromatic carbocycles. The molecule has 12 N–H and O–H groups in total. The van der Waals surface area contributed by atoms with Crippen LogP contribution in [0.5, 0.6) is 23.0 Å². The standard InChI is InChI=1S/C51H78N4O9.C48H73N5O9/c1-8-9-10-11-12-13-14-15-16-17-18-19-20-21-47(61)54(6)42(33-56)51(64)53-36(5)43(57)26-27-48(62)55(7)49-38-23-25-45(59)41(31-38)40-30-37(22-24-44(40)58)29-35(4)52-50(63)39(28-34(2)3)32-46(49)60;1-7-8-9-10-11-12-13-14-15-16-17-18-19-20-43(58)52(5)39(30-54)48(62)51-33(4)40(55)23-24-44(59)53(6)45-35-21-22-41(56)36(29-35)37-27-34(28-38(49)46(37)60)26-32(3)50-47(61)31(2)25-42(45)57/h22-25,30-31,34-36,39,42,49,56,58-59H,8-21,26-29,32-33H2,1-7H3,(H,52,63)(H,53,64);21-22,27-29,31-33,39,45,54,56,60H,7-20,23-26,30,49H2,1-6H3,(H,50,61)(H,51,62)/t35-,36-,39-,42-,49+;31-,32-,33-,39-,45+/m11/s1. The summed E-state index contributed by atoms with van der Waals surface area (Å²) in [6.07, 6.45) is 30.8. The summed E-state index contributed by atoms with van der Waals surface area (Å²) in [4.78, 5) is 167. The van der Waals surface area contributed by atoms with E-state index in [2.05, 4.69) is 35.1 Å². The van der Waals surface area contributed by atoms with Crippen LogP contribution in [-0.2, 0) is 70.4 Å². The number of amides is 8. The number of fused-ring (bicyclic) bond motifs is 10. The van der Waals surface area contributed by atoms with Crippen molar-refractivity contribution in [3.8, 4) is 45.3 Å². The lowest BCUT2D eigenvalue weighted by Gasteiger charge is -2.30. The maximum absolute atomic E-state index is 14.4. The highest BCUT2D eigenvalue weighted by atomic mass is 16.3. The van der Waals surface area contributed by atoms with Crippen LogP contribution in [0.25, 0.3) is 22.3 Å². The number of hydrogen-bond donors (Lipinski definition) is 11. The van der Waals surface area contributed by atoms with Crippen LogP contribution in [0.15, 0.2) is 66.7 Å². The van der Waals surface area contributed by atoms with Gasteiger partial charge >= 0.3 is 0 Å². The van der Waals surface area contributed by atoms with Crippen molar-refractivity contribution in [2.24, 2.45) is 17.8 Å². The molecular weight excluding hydrogens is 1600 g/mol. The number of nitrogens with two attached hydrogens (primary N) is 1. The average Bonchev–Trinajstić information content (AvgIpc) is 0.784. The van der Waals surface area contributed by atoms with Crippen molar-refractivity contribution in [2.75, 3.05) is 47.1 Å². The van der Waals surface area contributed by atoms with E-state index in [1.165, 1.54) is 214 Å². The van der Waals surface area contributed by atoms with Gasteiger partial charge in [0, 0.05) is 126 Å². The van der Waals surface area contributed by atoms with Crippen LogP contribution >= 0.6 is 0 Å². The van der Waals surface area contributed by atoms with Crippen molar-refractivity contribution < 1.29 is 88.2 Å². The van der Waals surface area contributed by atoms with E-state index in [1.54, 1.807) is 44.2 Å². The minimum absolute atomic E-state index is 0.0592. The molecule has 0 unspecified atom stereocenters. The number of carbonyl (C=O) groups is 12. The number of aliphatic hydroxyl groups excluding tert-OH is 2. The van der Waals surface area contributed by atoms with E-state index in [0.717, 1.165) is 44.1 Å². The number of ketones is 4. The highest BCUT2D eigenvalue weighted by molar-refractivity contribution is 5.99. The summed E-state index contributed by atoms with van der Waals surface area (Å²) in [6.45, 7) is 15.3. The molecule has 8 bridgehead atoms. The Kier molecular flexibility index (Phi) is 47.2. The van der Waals surface area contributed by atoms with E-state index in [-0.39, 0.29) is 138 Å². The number of likely N-dealkylation sites (N-methyl/N-ethyl adjacent to an activating group) is 4. The Morgan fingerprint density at radius 1 is 0.421 bits per heavy atom. The number of nitrogens with one attached hydrogen (secondary N) is 4. The third-order valence-corrected chi connectivity index (χ3v) is 24.6. The zero-order chi connectivity index (χ0) is 93.3. The van der Waals surface area contributed by atoms with Gasteiger partial charge in [0.2, 0.25) is 47.3 Å². The topological polar surface area (TPSA) is 413 Å². The van der Waals surface area contributed by atoms with E-state index in [9.17, 15) is 88.2 Å². The Hall–Kier alpha value is -9.76. The molecule has 2 aliphatic rings. The van der Waals surface area contributed by atoms with Crippen molar-refractivity contribution in [2.45, 2.75) is 348 Å². The Balaban J connectivity index is 0.000000447. The Bertz CT molecular complexity index is 4210. The van der Waals surface area contributed by atoms with Crippen LogP contribution in [0, 0.1) is 17.8 Å². The van der Waals surface area contributed by atoms with Gasteiger partial charge in [-0.3, -0.25) is 57.5 Å². The quantitative estimate of drug-likeness (QED) is 0.0111. The lowest BCUT2D eigenvalue weighted by atomic mass is 9.86. The number of carbonyl (C=O) groups excluding carboxylic acids is 12. The molecule has 6 rings (SSSR count). The van der Waals surface area contributed by atoms with Crippen LogP contribution < -0.4 is 27.0 Å². The molecule has 2 heterocycles. The monoisotopic (exact) mass is 1750 g/mol. The van der Waals surface area contributed by atoms with Gasteiger partial charge < -0.3 is 77.2 Å². The number of aliphatic hydroxyl groups is 2. The smallest absolute Gasteiger partial charge is 0.245 e. The van der Waals surface area contributed by atoms with Crippen molar-refractivity contribution in [3.63, 3.8) is 0 Å². The molecule has 0 aliphatic carbocycles. The molecule has 0 spiro atoms. The van der Waals surface area contributed by atoms with Gasteiger partial charge in [-0.05, 0) is 137 Å². The molecule has 126 heavy (non-hydrogen) atoms. The maximum atomic E-state index is 14.4. The molecule has 0 saturated heterocycles. The van der Waals surface area contributed by atoms with Crippen molar-refractivity contribution in [1.82, 2.24) is 40.9 Å². The van der Waals surface area contributed by atoms with Gasteiger partial charge in [0.25, 0.3) is 0 Å². The maximum Gasteiger partial charge on any atom is 0.245 e. The van der Waals surface area contributed by atoms with Crippen molar-refractivity contribution >= 4 is 76.1 Å². The number of anilines is 1. The zero-order valence-electron chi connectivity index (χ0n) is 77.7. The van der Waals surface area contributed by atoms with E-state index < -0.39 is 108 Å². The summed E-state index contributed by atoms with van der Waals surface area (Å²) in [7, 11) is 5.78. The summed E-state index contributed by atoms with van der Waals surface area (Å²) in [5, 5.41) is 75.0. The summed E-state index contributed by atoms with van der Waals surface area (Å²) in [5.41, 5.74) is 9.34.